The minimum Gasteiger partial charge on any atom is -0.377 e. The van der Waals surface area contributed by atoms with Crippen LogP contribution < -0.4 is 0 Å². The Morgan fingerprint density at radius 3 is 3.31 bits per heavy atom. The van der Waals surface area contributed by atoms with E-state index < -0.39 is 0 Å². The molecule has 0 radical (unpaired) electrons. The topological polar surface area (TPSA) is 21.8 Å². The second-order valence-corrected chi connectivity index (χ2v) is 4.54. The Kier molecular flexibility index (Phi) is 1.74. The van der Waals surface area contributed by atoms with Gasteiger partial charge in [0.2, 0.25) is 0 Å². The highest BCUT2D eigenvalue weighted by atomic mass is 16.6. The van der Waals surface area contributed by atoms with Crippen LogP contribution >= 0.6 is 0 Å². The van der Waals surface area contributed by atoms with E-state index in [1.807, 2.05) is 0 Å². The number of ether oxygens (including phenoxy) is 2. The molecule has 3 rings (SSSR count). The third-order valence-corrected chi connectivity index (χ3v) is 3.64. The van der Waals surface area contributed by atoms with Crippen LogP contribution in [-0.2, 0) is 9.47 Å². The normalized spacial score (nSPS) is 48.6. The van der Waals surface area contributed by atoms with Gasteiger partial charge >= 0.3 is 0 Å². The Morgan fingerprint density at radius 2 is 2.31 bits per heavy atom. The van der Waals surface area contributed by atoms with Crippen LogP contribution in [0.3, 0.4) is 0 Å². The first-order valence-corrected chi connectivity index (χ1v) is 5.29. The summed E-state index contributed by atoms with van der Waals surface area (Å²) < 4.78 is 11.3. The van der Waals surface area contributed by atoms with Crippen LogP contribution in [0.2, 0.25) is 0 Å². The van der Waals surface area contributed by atoms with Gasteiger partial charge in [0.1, 0.15) is 0 Å². The van der Waals surface area contributed by atoms with Crippen molar-refractivity contribution < 1.29 is 9.47 Å². The predicted octanol–water partition coefficient (Wildman–Crippen LogP) is 1.90. The number of rotatable bonds is 0. The van der Waals surface area contributed by atoms with E-state index in [2.05, 4.69) is 12.2 Å². The molecule has 0 aromatic carbocycles. The summed E-state index contributed by atoms with van der Waals surface area (Å²) in [4.78, 5) is 0. The summed E-state index contributed by atoms with van der Waals surface area (Å²) in [5.41, 5.74) is 0.343. The quantitative estimate of drug-likeness (QED) is 0.419. The van der Waals surface area contributed by atoms with E-state index in [4.69, 9.17) is 9.47 Å². The van der Waals surface area contributed by atoms with Crippen molar-refractivity contribution in [3.05, 3.63) is 12.2 Å². The molecule has 2 nitrogen and oxygen atoms in total. The second kappa shape index (κ2) is 2.82. The van der Waals surface area contributed by atoms with Crippen LogP contribution in [0.15, 0.2) is 12.2 Å². The van der Waals surface area contributed by atoms with Gasteiger partial charge in [-0.05, 0) is 19.3 Å². The summed E-state index contributed by atoms with van der Waals surface area (Å²) in [6.45, 7) is 1.69. The van der Waals surface area contributed by atoms with Gasteiger partial charge in [-0.25, -0.2) is 0 Å². The highest BCUT2D eigenvalue weighted by Crippen LogP contribution is 2.51. The average molecular weight is 180 g/mol. The van der Waals surface area contributed by atoms with Gasteiger partial charge < -0.3 is 9.47 Å². The van der Waals surface area contributed by atoms with Gasteiger partial charge in [0.05, 0.1) is 25.4 Å². The molecule has 0 unspecified atom stereocenters. The lowest BCUT2D eigenvalue weighted by atomic mass is 9.72. The molecule has 0 aromatic rings. The molecule has 3 atom stereocenters. The van der Waals surface area contributed by atoms with Gasteiger partial charge in [0.25, 0.3) is 0 Å². The molecule has 1 aliphatic carbocycles. The first-order chi connectivity index (χ1) is 6.41. The zero-order valence-corrected chi connectivity index (χ0v) is 7.87. The summed E-state index contributed by atoms with van der Waals surface area (Å²) in [7, 11) is 0. The van der Waals surface area contributed by atoms with Crippen LogP contribution in [0.4, 0.5) is 0 Å². The molecular formula is C11H16O2. The van der Waals surface area contributed by atoms with Crippen LogP contribution in [0.25, 0.3) is 0 Å². The number of epoxide rings is 1. The smallest absolute Gasteiger partial charge is 0.0922 e. The van der Waals surface area contributed by atoms with E-state index in [0.29, 0.717) is 17.6 Å². The van der Waals surface area contributed by atoms with Crippen molar-refractivity contribution in [2.45, 2.75) is 37.9 Å². The van der Waals surface area contributed by atoms with Crippen LogP contribution in [0.5, 0.6) is 0 Å². The molecule has 3 aliphatic rings. The first kappa shape index (κ1) is 8.01. The van der Waals surface area contributed by atoms with Crippen LogP contribution in [0, 0.1) is 5.41 Å². The predicted molar refractivity (Wildman–Crippen MR) is 49.5 cm³/mol. The van der Waals surface area contributed by atoms with Crippen molar-refractivity contribution in [3.8, 4) is 0 Å². The van der Waals surface area contributed by atoms with Crippen molar-refractivity contribution in [3.63, 3.8) is 0 Å². The SMILES string of the molecule is C1=CC[C@@]2(CCC[C@H]3O[C@H]32)COC1. The molecule has 2 heteroatoms. The summed E-state index contributed by atoms with van der Waals surface area (Å²) in [5.74, 6) is 0. The van der Waals surface area contributed by atoms with Crippen molar-refractivity contribution in [1.29, 1.82) is 0 Å². The third-order valence-electron chi connectivity index (χ3n) is 3.64. The molecule has 2 aliphatic heterocycles. The largest absolute Gasteiger partial charge is 0.377 e. The molecule has 1 spiro atoms. The van der Waals surface area contributed by atoms with Gasteiger partial charge in [-0.2, -0.15) is 0 Å². The number of allylic oxidation sites excluding steroid dienone is 1. The molecule has 0 N–H and O–H groups in total. The minimum absolute atomic E-state index is 0.343. The van der Waals surface area contributed by atoms with Crippen molar-refractivity contribution in [2.75, 3.05) is 13.2 Å². The number of hydrogen-bond donors (Lipinski definition) is 0. The maximum atomic E-state index is 5.71. The maximum Gasteiger partial charge on any atom is 0.0922 e. The fraction of sp³-hybridized carbons (Fsp3) is 0.818. The minimum atomic E-state index is 0.343. The summed E-state index contributed by atoms with van der Waals surface area (Å²) in [6, 6.07) is 0. The highest BCUT2D eigenvalue weighted by Gasteiger charge is 2.56. The Labute approximate surface area is 78.9 Å². The molecule has 13 heavy (non-hydrogen) atoms. The molecule has 72 valence electrons. The Bertz CT molecular complexity index is 236. The standard InChI is InChI=1S/C11H16O2/c1-2-7-12-8-11(5-1)6-3-4-9-10(11)13-9/h1-2,9-10H,3-8H2/t9-,10-,11-/m1/s1. The molecule has 1 saturated heterocycles. The molecule has 0 bridgehead atoms. The molecule has 0 aromatic heterocycles. The molecule has 0 amide bonds. The second-order valence-electron chi connectivity index (χ2n) is 4.54. The van der Waals surface area contributed by atoms with E-state index in [-0.39, 0.29) is 0 Å². The Hall–Kier alpha value is -0.340. The van der Waals surface area contributed by atoms with E-state index in [1.54, 1.807) is 0 Å². The van der Waals surface area contributed by atoms with Crippen LogP contribution in [0.1, 0.15) is 25.7 Å². The first-order valence-electron chi connectivity index (χ1n) is 5.29. The lowest BCUT2D eigenvalue weighted by Gasteiger charge is -2.32. The van der Waals surface area contributed by atoms with E-state index in [9.17, 15) is 0 Å². The summed E-state index contributed by atoms with van der Waals surface area (Å²) in [6.07, 6.45) is 10.5. The third kappa shape index (κ3) is 1.24. The Morgan fingerprint density at radius 1 is 1.31 bits per heavy atom. The highest BCUT2D eigenvalue weighted by molar-refractivity contribution is 5.08. The monoisotopic (exact) mass is 180 g/mol. The van der Waals surface area contributed by atoms with Crippen LogP contribution in [-0.4, -0.2) is 25.4 Å². The molecule has 1 saturated carbocycles. The van der Waals surface area contributed by atoms with Crippen molar-refractivity contribution >= 4 is 0 Å². The fourth-order valence-corrected chi connectivity index (χ4v) is 2.85. The summed E-state index contributed by atoms with van der Waals surface area (Å²) in [5, 5.41) is 0. The lowest BCUT2D eigenvalue weighted by molar-refractivity contribution is 0.0369. The van der Waals surface area contributed by atoms with E-state index in [0.717, 1.165) is 19.6 Å². The number of fused-ring (bicyclic) bond motifs is 2. The molecule has 2 fully saturated rings. The van der Waals surface area contributed by atoms with Gasteiger partial charge in [-0.3, -0.25) is 0 Å². The van der Waals surface area contributed by atoms with Gasteiger partial charge in [-0.15, -0.1) is 0 Å². The van der Waals surface area contributed by atoms with E-state index in [1.165, 1.54) is 19.3 Å². The molecule has 2 heterocycles. The zero-order valence-electron chi connectivity index (χ0n) is 7.87. The van der Waals surface area contributed by atoms with Gasteiger partial charge in [-0.1, -0.05) is 18.6 Å². The Balaban J connectivity index is 1.81. The van der Waals surface area contributed by atoms with E-state index >= 15 is 0 Å². The van der Waals surface area contributed by atoms with Crippen molar-refractivity contribution in [1.82, 2.24) is 0 Å². The van der Waals surface area contributed by atoms with Gasteiger partial charge in [0, 0.05) is 5.41 Å². The maximum absolute atomic E-state index is 5.71. The summed E-state index contributed by atoms with van der Waals surface area (Å²) >= 11 is 0. The lowest BCUT2D eigenvalue weighted by Crippen LogP contribution is -2.35. The number of hydrogen-bond acceptors (Lipinski definition) is 2. The fourth-order valence-electron chi connectivity index (χ4n) is 2.85. The average Bonchev–Trinajstić information content (AvgIpc) is 2.90. The zero-order chi connectivity index (χ0) is 8.73. The molecular weight excluding hydrogens is 164 g/mol. The van der Waals surface area contributed by atoms with Crippen molar-refractivity contribution in [2.24, 2.45) is 5.41 Å². The van der Waals surface area contributed by atoms with Gasteiger partial charge in [0.15, 0.2) is 0 Å².